The van der Waals surface area contributed by atoms with Gasteiger partial charge < -0.3 is 4.90 Å². The zero-order valence-electron chi connectivity index (χ0n) is 11.6. The van der Waals surface area contributed by atoms with Gasteiger partial charge in [0, 0.05) is 24.7 Å². The lowest BCUT2D eigenvalue weighted by molar-refractivity contribution is 0.372. The summed E-state index contributed by atoms with van der Waals surface area (Å²) in [5, 5.41) is 8.94. The number of aryl methyl sites for hydroxylation is 2. The third-order valence-electron chi connectivity index (χ3n) is 4.16. The normalized spacial score (nSPS) is 23.4. The third kappa shape index (κ3) is 2.67. The van der Waals surface area contributed by atoms with Gasteiger partial charge in [-0.15, -0.1) is 0 Å². The summed E-state index contributed by atoms with van der Waals surface area (Å²) in [7, 11) is 2.19. The Balaban J connectivity index is 2.08. The van der Waals surface area contributed by atoms with Gasteiger partial charge in [0.1, 0.15) is 0 Å². The number of nitriles is 1. The van der Waals surface area contributed by atoms with E-state index >= 15 is 0 Å². The molecule has 0 aromatic heterocycles. The van der Waals surface area contributed by atoms with Crippen molar-refractivity contribution in [2.24, 2.45) is 5.92 Å². The number of nitrogens with zero attached hydrogens (tertiary/aromatic N) is 2. The van der Waals surface area contributed by atoms with Crippen LogP contribution in [0, 0.1) is 31.1 Å². The molecule has 1 aliphatic rings. The zero-order valence-corrected chi connectivity index (χ0v) is 11.6. The second kappa shape index (κ2) is 5.44. The molecule has 0 saturated heterocycles. The number of hydrogen-bond donors (Lipinski definition) is 0. The van der Waals surface area contributed by atoms with Gasteiger partial charge in [-0.1, -0.05) is 17.7 Å². The molecular formula is C16H22N2. The Morgan fingerprint density at radius 3 is 2.39 bits per heavy atom. The smallest absolute Gasteiger partial charge is 0.0655 e. The van der Waals surface area contributed by atoms with Crippen LogP contribution in [0.25, 0.3) is 0 Å². The summed E-state index contributed by atoms with van der Waals surface area (Å²) < 4.78 is 0. The van der Waals surface area contributed by atoms with E-state index < -0.39 is 0 Å². The minimum absolute atomic E-state index is 0.286. The Morgan fingerprint density at radius 1 is 1.17 bits per heavy atom. The van der Waals surface area contributed by atoms with Crippen LogP contribution in [0.3, 0.4) is 0 Å². The van der Waals surface area contributed by atoms with Crippen LogP contribution in [0.1, 0.15) is 36.8 Å². The summed E-state index contributed by atoms with van der Waals surface area (Å²) in [5.74, 6) is 0.286. The second-order valence-corrected chi connectivity index (χ2v) is 5.54. The van der Waals surface area contributed by atoms with E-state index in [9.17, 15) is 0 Å². The summed E-state index contributed by atoms with van der Waals surface area (Å²) in [6, 6.07) is 9.64. The molecular weight excluding hydrogens is 220 g/mol. The molecule has 1 fully saturated rings. The summed E-state index contributed by atoms with van der Waals surface area (Å²) in [6.07, 6.45) is 4.39. The van der Waals surface area contributed by atoms with Gasteiger partial charge in [0.15, 0.2) is 0 Å². The van der Waals surface area contributed by atoms with Crippen LogP contribution in [0.2, 0.25) is 0 Å². The highest BCUT2D eigenvalue weighted by Crippen LogP contribution is 2.30. The SMILES string of the molecule is Cc1ccc(N(C)C2CCC(C#N)CC2)c(C)c1. The first-order valence-corrected chi connectivity index (χ1v) is 6.81. The Hall–Kier alpha value is -1.49. The highest BCUT2D eigenvalue weighted by Gasteiger charge is 2.24. The van der Waals surface area contributed by atoms with E-state index in [1.165, 1.54) is 16.8 Å². The van der Waals surface area contributed by atoms with Crippen molar-refractivity contribution in [3.8, 4) is 6.07 Å². The number of hydrogen-bond acceptors (Lipinski definition) is 2. The highest BCUT2D eigenvalue weighted by atomic mass is 15.1. The molecule has 2 rings (SSSR count). The standard InChI is InChI=1S/C16H22N2/c1-12-4-9-16(13(2)10-12)18(3)15-7-5-14(11-17)6-8-15/h4,9-10,14-15H,5-8H2,1-3H3. The molecule has 0 bridgehead atoms. The van der Waals surface area contributed by atoms with Crippen molar-refractivity contribution in [1.29, 1.82) is 5.26 Å². The maximum Gasteiger partial charge on any atom is 0.0655 e. The van der Waals surface area contributed by atoms with Crippen molar-refractivity contribution in [1.82, 2.24) is 0 Å². The van der Waals surface area contributed by atoms with Crippen molar-refractivity contribution in [3.05, 3.63) is 29.3 Å². The van der Waals surface area contributed by atoms with E-state index in [0.29, 0.717) is 6.04 Å². The van der Waals surface area contributed by atoms with E-state index in [2.05, 4.69) is 50.1 Å². The van der Waals surface area contributed by atoms with Gasteiger partial charge in [-0.3, -0.25) is 0 Å². The van der Waals surface area contributed by atoms with Crippen LogP contribution in [0.4, 0.5) is 5.69 Å². The molecule has 1 saturated carbocycles. The molecule has 18 heavy (non-hydrogen) atoms. The topological polar surface area (TPSA) is 27.0 Å². The molecule has 2 nitrogen and oxygen atoms in total. The number of benzene rings is 1. The highest BCUT2D eigenvalue weighted by molar-refractivity contribution is 5.54. The predicted octanol–water partition coefficient (Wildman–Crippen LogP) is 3.82. The van der Waals surface area contributed by atoms with Crippen LogP contribution in [-0.4, -0.2) is 13.1 Å². The van der Waals surface area contributed by atoms with Gasteiger partial charge in [-0.25, -0.2) is 0 Å². The fourth-order valence-corrected chi connectivity index (χ4v) is 2.99. The molecule has 0 heterocycles. The van der Waals surface area contributed by atoms with E-state index in [4.69, 9.17) is 5.26 Å². The predicted molar refractivity (Wildman–Crippen MR) is 75.7 cm³/mol. The Morgan fingerprint density at radius 2 is 1.83 bits per heavy atom. The first-order valence-electron chi connectivity index (χ1n) is 6.81. The van der Waals surface area contributed by atoms with Gasteiger partial charge in [-0.2, -0.15) is 5.26 Å². The van der Waals surface area contributed by atoms with Crippen molar-refractivity contribution >= 4 is 5.69 Å². The molecule has 0 radical (unpaired) electrons. The van der Waals surface area contributed by atoms with Gasteiger partial charge in [0.25, 0.3) is 0 Å². The lowest BCUT2D eigenvalue weighted by Gasteiger charge is -2.35. The summed E-state index contributed by atoms with van der Waals surface area (Å²) >= 11 is 0. The van der Waals surface area contributed by atoms with Crippen LogP contribution >= 0.6 is 0 Å². The van der Waals surface area contributed by atoms with Gasteiger partial charge in [0.05, 0.1) is 6.07 Å². The Bertz CT molecular complexity index is 451. The average Bonchev–Trinajstić information content (AvgIpc) is 2.38. The zero-order chi connectivity index (χ0) is 13.1. The first kappa shape index (κ1) is 13.0. The van der Waals surface area contributed by atoms with Crippen molar-refractivity contribution < 1.29 is 0 Å². The lowest BCUT2D eigenvalue weighted by Crippen LogP contribution is -2.35. The minimum Gasteiger partial charge on any atom is -0.371 e. The van der Waals surface area contributed by atoms with Gasteiger partial charge >= 0.3 is 0 Å². The van der Waals surface area contributed by atoms with Crippen LogP contribution in [0.15, 0.2) is 18.2 Å². The summed E-state index contributed by atoms with van der Waals surface area (Å²) in [4.78, 5) is 2.41. The number of rotatable bonds is 2. The molecule has 0 unspecified atom stereocenters. The van der Waals surface area contributed by atoms with Gasteiger partial charge in [0.2, 0.25) is 0 Å². The van der Waals surface area contributed by atoms with Crippen molar-refractivity contribution in [2.75, 3.05) is 11.9 Å². The molecule has 1 aromatic carbocycles. The fraction of sp³-hybridized carbons (Fsp3) is 0.562. The van der Waals surface area contributed by atoms with Crippen LogP contribution in [0.5, 0.6) is 0 Å². The van der Waals surface area contributed by atoms with Gasteiger partial charge in [-0.05, 0) is 51.2 Å². The maximum absolute atomic E-state index is 8.94. The van der Waals surface area contributed by atoms with E-state index in [-0.39, 0.29) is 5.92 Å². The van der Waals surface area contributed by atoms with Crippen molar-refractivity contribution in [2.45, 2.75) is 45.6 Å². The molecule has 96 valence electrons. The lowest BCUT2D eigenvalue weighted by atomic mass is 9.86. The van der Waals surface area contributed by atoms with E-state index in [1.54, 1.807) is 0 Å². The van der Waals surface area contributed by atoms with Crippen LogP contribution in [-0.2, 0) is 0 Å². The molecule has 1 aliphatic carbocycles. The summed E-state index contributed by atoms with van der Waals surface area (Å²) in [6.45, 7) is 4.31. The molecule has 0 amide bonds. The number of anilines is 1. The third-order valence-corrected chi connectivity index (χ3v) is 4.16. The molecule has 2 heteroatoms. The summed E-state index contributed by atoms with van der Waals surface area (Å²) in [5.41, 5.74) is 4.00. The Kier molecular flexibility index (Phi) is 3.91. The molecule has 1 aromatic rings. The largest absolute Gasteiger partial charge is 0.371 e. The maximum atomic E-state index is 8.94. The Labute approximate surface area is 110 Å². The second-order valence-electron chi connectivity index (χ2n) is 5.54. The molecule has 0 spiro atoms. The quantitative estimate of drug-likeness (QED) is 0.788. The minimum atomic E-state index is 0.286. The van der Waals surface area contributed by atoms with Crippen LogP contribution < -0.4 is 4.90 Å². The molecule has 0 atom stereocenters. The molecule has 0 N–H and O–H groups in total. The van der Waals surface area contributed by atoms with E-state index in [1.807, 2.05) is 0 Å². The first-order chi connectivity index (χ1) is 8.61. The van der Waals surface area contributed by atoms with Crippen molar-refractivity contribution in [3.63, 3.8) is 0 Å². The fourth-order valence-electron chi connectivity index (χ4n) is 2.99. The van der Waals surface area contributed by atoms with E-state index in [0.717, 1.165) is 25.7 Å². The average molecular weight is 242 g/mol. The monoisotopic (exact) mass is 242 g/mol. The molecule has 0 aliphatic heterocycles.